The molecule has 1 aliphatic heterocycles. The molecule has 13 heteroatoms. The summed E-state index contributed by atoms with van der Waals surface area (Å²) < 4.78 is 44.5. The molecular weight excluding hydrogens is 566 g/mol. The number of ether oxygens (including phenoxy) is 2. The maximum Gasteiger partial charge on any atom is 0.338 e. The third kappa shape index (κ3) is 5.50. The molecule has 0 saturated heterocycles. The number of amidine groups is 1. The molecule has 0 amide bonds. The molecule has 1 aliphatic carbocycles. The molecule has 0 radical (unpaired) electrons. The summed E-state index contributed by atoms with van der Waals surface area (Å²) in [4.78, 5) is 38.6. The lowest BCUT2D eigenvalue weighted by Crippen LogP contribution is -2.38. The summed E-state index contributed by atoms with van der Waals surface area (Å²) in [5, 5.41) is 5.15. The average molecular weight is 591 g/mol. The van der Waals surface area contributed by atoms with Crippen molar-refractivity contribution in [3.8, 4) is 0 Å². The predicted octanol–water partition coefficient (Wildman–Crippen LogP) is 4.88. The van der Waals surface area contributed by atoms with Crippen molar-refractivity contribution in [1.29, 1.82) is 0 Å². The van der Waals surface area contributed by atoms with Crippen molar-refractivity contribution < 1.29 is 32.3 Å². The van der Waals surface area contributed by atoms with Crippen molar-refractivity contribution in [1.82, 2.24) is 15.3 Å². The number of aromatic nitrogens is 2. The van der Waals surface area contributed by atoms with E-state index in [2.05, 4.69) is 15.3 Å². The molecule has 0 spiro atoms. The van der Waals surface area contributed by atoms with Crippen LogP contribution in [0.25, 0.3) is 0 Å². The first kappa shape index (κ1) is 27.9. The largest absolute Gasteiger partial charge is 0.469 e. The van der Waals surface area contributed by atoms with Crippen LogP contribution in [0.3, 0.4) is 0 Å². The van der Waals surface area contributed by atoms with Crippen LogP contribution in [0.5, 0.6) is 0 Å². The number of thiazole rings is 1. The van der Waals surface area contributed by atoms with Gasteiger partial charge in [-0.05, 0) is 19.4 Å². The fraction of sp³-hybridized carbons (Fsp3) is 0.370. The quantitative estimate of drug-likeness (QED) is 0.291. The molecule has 210 valence electrons. The highest BCUT2D eigenvalue weighted by Crippen LogP contribution is 2.41. The molecule has 0 saturated carbocycles. The Morgan fingerprint density at radius 3 is 2.85 bits per heavy atom. The zero-order valence-electron chi connectivity index (χ0n) is 21.6. The second-order valence-electron chi connectivity index (χ2n) is 9.15. The molecule has 3 heterocycles. The Bertz CT molecular complexity index is 1500. The summed E-state index contributed by atoms with van der Waals surface area (Å²) in [6.07, 6.45) is 3.61. The van der Waals surface area contributed by atoms with E-state index in [1.54, 1.807) is 18.5 Å². The van der Waals surface area contributed by atoms with E-state index < -0.39 is 28.7 Å². The maximum atomic E-state index is 14.6. The number of esters is 2. The summed E-state index contributed by atoms with van der Waals surface area (Å²) in [5.74, 6) is -2.07. The molecule has 0 fully saturated rings. The van der Waals surface area contributed by atoms with Gasteiger partial charge in [0.1, 0.15) is 11.8 Å². The number of allylic oxidation sites excluding steroid dienone is 1. The number of oxazole rings is 1. The number of rotatable bonds is 8. The van der Waals surface area contributed by atoms with Gasteiger partial charge in [-0.3, -0.25) is 9.79 Å². The Morgan fingerprint density at radius 1 is 1.30 bits per heavy atom. The number of benzene rings is 1. The van der Waals surface area contributed by atoms with Crippen molar-refractivity contribution in [3.05, 3.63) is 79.6 Å². The Balaban J connectivity index is 1.57. The van der Waals surface area contributed by atoms with E-state index >= 15 is 0 Å². The summed E-state index contributed by atoms with van der Waals surface area (Å²) in [5.41, 5.74) is 1.51. The molecule has 3 aromatic rings. The minimum Gasteiger partial charge on any atom is -0.469 e. The molecule has 2 atom stereocenters. The fourth-order valence-electron chi connectivity index (χ4n) is 4.84. The second kappa shape index (κ2) is 11.8. The number of carbonyl (C=O) groups is 2. The maximum absolute atomic E-state index is 14.6. The SMILES string of the molecule is CCOC(=O)C1=C(C2CCc3oc(CCC(=O)OC)nc3C2)NC(c2nccs2)=NC1c1ccc(F)c(F)c1Cl. The number of halogens is 3. The van der Waals surface area contributed by atoms with Gasteiger partial charge >= 0.3 is 11.9 Å². The molecule has 2 aliphatic rings. The van der Waals surface area contributed by atoms with Crippen molar-refractivity contribution in [2.45, 2.75) is 45.1 Å². The van der Waals surface area contributed by atoms with Gasteiger partial charge in [-0.15, -0.1) is 11.3 Å². The standard InChI is InChI=1S/C27H25ClF2N4O5S/c1-3-38-27(36)20-23(13-4-7-17-16(12-13)32-18(39-17)8-9-19(35)37-2)33-25(26-31-10-11-40-26)34-24(20)14-5-6-15(29)22(30)21(14)28/h5-6,10-11,13,24H,3-4,7-9,12H2,1-2H3,(H,33,34). The lowest BCUT2D eigenvalue weighted by Gasteiger charge is -2.32. The molecule has 2 unspecified atom stereocenters. The number of fused-ring (bicyclic) bond motifs is 1. The van der Waals surface area contributed by atoms with Crippen LogP contribution in [-0.4, -0.2) is 41.5 Å². The Labute approximate surface area is 237 Å². The van der Waals surface area contributed by atoms with Crippen LogP contribution in [0.4, 0.5) is 8.78 Å². The lowest BCUT2D eigenvalue weighted by molar-refractivity contribution is -0.141. The van der Waals surface area contributed by atoms with E-state index in [4.69, 9.17) is 30.5 Å². The van der Waals surface area contributed by atoms with E-state index in [1.165, 1.54) is 24.5 Å². The topological polar surface area (TPSA) is 116 Å². The number of methoxy groups -OCH3 is 1. The van der Waals surface area contributed by atoms with Gasteiger partial charge in [0, 0.05) is 48.0 Å². The summed E-state index contributed by atoms with van der Waals surface area (Å²) in [6, 6.07) is 1.20. The lowest BCUT2D eigenvalue weighted by atomic mass is 9.82. The van der Waals surface area contributed by atoms with E-state index in [0.717, 1.165) is 11.8 Å². The normalized spacial score (nSPS) is 18.6. The van der Waals surface area contributed by atoms with E-state index in [1.807, 2.05) is 0 Å². The highest BCUT2D eigenvalue weighted by molar-refractivity contribution is 7.11. The van der Waals surface area contributed by atoms with Crippen LogP contribution in [0.2, 0.25) is 5.02 Å². The molecule has 2 aromatic heterocycles. The smallest absolute Gasteiger partial charge is 0.338 e. The predicted molar refractivity (Wildman–Crippen MR) is 142 cm³/mol. The van der Waals surface area contributed by atoms with Crippen LogP contribution in [0.15, 0.2) is 44.4 Å². The third-order valence-electron chi connectivity index (χ3n) is 6.73. The summed E-state index contributed by atoms with van der Waals surface area (Å²) in [6.45, 7) is 1.77. The third-order valence-corrected chi connectivity index (χ3v) is 7.89. The van der Waals surface area contributed by atoms with Crippen LogP contribution < -0.4 is 5.32 Å². The van der Waals surface area contributed by atoms with E-state index in [0.29, 0.717) is 53.8 Å². The minimum atomic E-state index is -1.22. The number of hydrogen-bond acceptors (Lipinski definition) is 10. The minimum absolute atomic E-state index is 0.0958. The summed E-state index contributed by atoms with van der Waals surface area (Å²) in [7, 11) is 1.32. The van der Waals surface area contributed by atoms with Gasteiger partial charge in [-0.1, -0.05) is 17.7 Å². The van der Waals surface area contributed by atoms with Crippen LogP contribution >= 0.6 is 22.9 Å². The number of hydrogen-bond donors (Lipinski definition) is 1. The number of aliphatic imine (C=N–C) groups is 1. The first-order valence-corrected chi connectivity index (χ1v) is 13.9. The van der Waals surface area contributed by atoms with Gasteiger partial charge in [0.2, 0.25) is 0 Å². The highest BCUT2D eigenvalue weighted by Gasteiger charge is 2.39. The zero-order chi connectivity index (χ0) is 28.4. The zero-order valence-corrected chi connectivity index (χ0v) is 23.2. The van der Waals surface area contributed by atoms with Crippen molar-refractivity contribution >= 4 is 40.7 Å². The van der Waals surface area contributed by atoms with Crippen molar-refractivity contribution in [2.75, 3.05) is 13.7 Å². The van der Waals surface area contributed by atoms with Gasteiger partial charge < -0.3 is 19.2 Å². The Kier molecular flexibility index (Phi) is 8.27. The first-order valence-electron chi connectivity index (χ1n) is 12.6. The molecular formula is C27H25ClF2N4O5S. The van der Waals surface area contributed by atoms with Gasteiger partial charge in [0.25, 0.3) is 0 Å². The monoisotopic (exact) mass is 590 g/mol. The number of aryl methyl sites for hydroxylation is 2. The number of nitrogens with zero attached hydrogens (tertiary/aromatic N) is 3. The van der Waals surface area contributed by atoms with Crippen molar-refractivity contribution in [3.63, 3.8) is 0 Å². The molecule has 1 N–H and O–H groups in total. The Morgan fingerprint density at radius 2 is 2.12 bits per heavy atom. The second-order valence-corrected chi connectivity index (χ2v) is 10.4. The van der Waals surface area contributed by atoms with Crippen LogP contribution in [0, 0.1) is 17.6 Å². The first-order chi connectivity index (χ1) is 19.3. The van der Waals surface area contributed by atoms with E-state index in [-0.39, 0.29) is 36.1 Å². The number of carbonyl (C=O) groups excluding carboxylic acids is 2. The number of nitrogens with one attached hydrogen (secondary N) is 1. The van der Waals surface area contributed by atoms with Gasteiger partial charge in [-0.2, -0.15) is 0 Å². The van der Waals surface area contributed by atoms with E-state index in [9.17, 15) is 18.4 Å². The van der Waals surface area contributed by atoms with Crippen LogP contribution in [-0.2, 0) is 38.3 Å². The Hall–Kier alpha value is -3.64. The fourth-order valence-corrected chi connectivity index (χ4v) is 5.69. The van der Waals surface area contributed by atoms with Crippen LogP contribution in [0.1, 0.15) is 53.7 Å². The summed E-state index contributed by atoms with van der Waals surface area (Å²) >= 11 is 7.60. The highest BCUT2D eigenvalue weighted by atomic mass is 35.5. The molecule has 5 rings (SSSR count). The van der Waals surface area contributed by atoms with Crippen molar-refractivity contribution in [2.24, 2.45) is 10.9 Å². The van der Waals surface area contributed by atoms with Gasteiger partial charge in [0.15, 0.2) is 28.4 Å². The average Bonchev–Trinajstić information content (AvgIpc) is 3.64. The van der Waals surface area contributed by atoms with Gasteiger partial charge in [0.05, 0.1) is 36.4 Å². The molecule has 1 aromatic carbocycles. The molecule has 40 heavy (non-hydrogen) atoms. The molecule has 0 bridgehead atoms. The van der Waals surface area contributed by atoms with Gasteiger partial charge in [-0.25, -0.2) is 23.5 Å². The molecule has 9 nitrogen and oxygen atoms in total.